The van der Waals surface area contributed by atoms with Gasteiger partial charge in [-0.25, -0.2) is 0 Å². The van der Waals surface area contributed by atoms with Gasteiger partial charge in [0.15, 0.2) is 0 Å². The van der Waals surface area contributed by atoms with Crippen molar-refractivity contribution in [3.63, 3.8) is 0 Å². The van der Waals surface area contributed by atoms with E-state index in [9.17, 15) is 5.11 Å². The molecule has 2 heteroatoms. The van der Waals surface area contributed by atoms with Crippen molar-refractivity contribution in [3.05, 3.63) is 35.4 Å². The molecule has 0 aliphatic heterocycles. The van der Waals surface area contributed by atoms with Gasteiger partial charge in [-0.3, -0.25) is 0 Å². The Morgan fingerprint density at radius 1 is 1.07 bits per heavy atom. The Morgan fingerprint density at radius 3 is 2.20 bits per heavy atom. The van der Waals surface area contributed by atoms with E-state index in [0.29, 0.717) is 12.5 Å². The second-order valence-corrected chi connectivity index (χ2v) is 4.45. The molecule has 0 aromatic heterocycles. The number of aliphatic hydroxyl groups is 1. The highest BCUT2D eigenvalue weighted by atomic mass is 16.3. The zero-order valence-electron chi connectivity index (χ0n) is 9.02. The lowest BCUT2D eigenvalue weighted by atomic mass is 9.82. The first-order valence-corrected chi connectivity index (χ1v) is 5.76. The normalized spacial score (nSPS) is 26.5. The molecule has 0 heterocycles. The molecule has 0 atom stereocenters. The van der Waals surface area contributed by atoms with E-state index in [1.807, 2.05) is 0 Å². The summed E-state index contributed by atoms with van der Waals surface area (Å²) in [6, 6.07) is 8.59. The van der Waals surface area contributed by atoms with Crippen LogP contribution in [0.5, 0.6) is 0 Å². The average Bonchev–Trinajstić information content (AvgIpc) is 2.30. The summed E-state index contributed by atoms with van der Waals surface area (Å²) in [5, 5.41) is 9.44. The topological polar surface area (TPSA) is 46.2 Å². The van der Waals surface area contributed by atoms with E-state index in [2.05, 4.69) is 24.3 Å². The highest BCUT2D eigenvalue weighted by Crippen LogP contribution is 2.32. The van der Waals surface area contributed by atoms with Gasteiger partial charge in [-0.1, -0.05) is 24.3 Å². The summed E-state index contributed by atoms with van der Waals surface area (Å²) in [4.78, 5) is 0. The molecule has 0 amide bonds. The van der Waals surface area contributed by atoms with Crippen molar-refractivity contribution in [2.75, 3.05) is 0 Å². The number of nitrogens with two attached hydrogens (primary N) is 1. The lowest BCUT2D eigenvalue weighted by Crippen LogP contribution is -2.16. The van der Waals surface area contributed by atoms with E-state index >= 15 is 0 Å². The number of benzene rings is 1. The first-order valence-electron chi connectivity index (χ1n) is 5.76. The van der Waals surface area contributed by atoms with E-state index in [1.54, 1.807) is 0 Å². The lowest BCUT2D eigenvalue weighted by Gasteiger charge is -2.25. The van der Waals surface area contributed by atoms with E-state index < -0.39 is 0 Å². The molecule has 2 nitrogen and oxygen atoms in total. The molecule has 0 spiro atoms. The monoisotopic (exact) mass is 205 g/mol. The Labute approximate surface area is 91.1 Å². The number of hydrogen-bond donors (Lipinski definition) is 2. The van der Waals surface area contributed by atoms with Gasteiger partial charge in [0.1, 0.15) is 0 Å². The Morgan fingerprint density at radius 2 is 1.67 bits per heavy atom. The number of aliphatic hydroxyl groups excluding tert-OH is 1. The Bertz CT molecular complexity index is 299. The number of rotatable bonds is 2. The lowest BCUT2D eigenvalue weighted by molar-refractivity contribution is 0.122. The summed E-state index contributed by atoms with van der Waals surface area (Å²) in [6.07, 6.45) is 4.06. The van der Waals surface area contributed by atoms with Crippen LogP contribution in [0.3, 0.4) is 0 Å². The van der Waals surface area contributed by atoms with E-state index in [-0.39, 0.29) is 6.10 Å². The van der Waals surface area contributed by atoms with Gasteiger partial charge >= 0.3 is 0 Å². The molecule has 15 heavy (non-hydrogen) atoms. The molecule has 1 aliphatic rings. The quantitative estimate of drug-likeness (QED) is 0.777. The van der Waals surface area contributed by atoms with Crippen LogP contribution in [0.25, 0.3) is 0 Å². The summed E-state index contributed by atoms with van der Waals surface area (Å²) >= 11 is 0. The van der Waals surface area contributed by atoms with Gasteiger partial charge in [0.25, 0.3) is 0 Å². The van der Waals surface area contributed by atoms with Crippen LogP contribution in [0.2, 0.25) is 0 Å². The molecule has 2 rings (SSSR count). The molecule has 0 bridgehead atoms. The minimum absolute atomic E-state index is 0.0652. The van der Waals surface area contributed by atoms with Crippen molar-refractivity contribution in [1.82, 2.24) is 0 Å². The second kappa shape index (κ2) is 4.77. The molecule has 1 fully saturated rings. The van der Waals surface area contributed by atoms with Crippen molar-refractivity contribution in [2.24, 2.45) is 5.73 Å². The van der Waals surface area contributed by atoms with Crippen LogP contribution in [0.15, 0.2) is 24.3 Å². The minimum atomic E-state index is -0.0652. The highest BCUT2D eigenvalue weighted by Gasteiger charge is 2.20. The van der Waals surface area contributed by atoms with Crippen molar-refractivity contribution < 1.29 is 5.11 Å². The predicted octanol–water partition coefficient (Wildman–Crippen LogP) is 2.16. The molecule has 1 aromatic rings. The van der Waals surface area contributed by atoms with Crippen LogP contribution in [0, 0.1) is 0 Å². The van der Waals surface area contributed by atoms with Gasteiger partial charge < -0.3 is 10.8 Å². The molecule has 0 radical (unpaired) electrons. The van der Waals surface area contributed by atoms with Gasteiger partial charge in [-0.2, -0.15) is 0 Å². The van der Waals surface area contributed by atoms with Gasteiger partial charge in [0.05, 0.1) is 6.10 Å². The molecular weight excluding hydrogens is 186 g/mol. The maximum absolute atomic E-state index is 9.44. The fourth-order valence-electron chi connectivity index (χ4n) is 2.34. The van der Waals surface area contributed by atoms with Gasteiger partial charge in [0, 0.05) is 6.54 Å². The second-order valence-electron chi connectivity index (χ2n) is 4.45. The van der Waals surface area contributed by atoms with Crippen molar-refractivity contribution >= 4 is 0 Å². The maximum atomic E-state index is 9.44. The van der Waals surface area contributed by atoms with Crippen molar-refractivity contribution in [3.8, 4) is 0 Å². The zero-order chi connectivity index (χ0) is 10.7. The molecule has 0 unspecified atom stereocenters. The molecule has 3 N–H and O–H groups in total. The van der Waals surface area contributed by atoms with Crippen LogP contribution in [-0.2, 0) is 6.54 Å². The summed E-state index contributed by atoms with van der Waals surface area (Å²) in [5.41, 5.74) is 8.15. The largest absolute Gasteiger partial charge is 0.393 e. The van der Waals surface area contributed by atoms with E-state index in [4.69, 9.17) is 5.73 Å². The molecule has 82 valence electrons. The highest BCUT2D eigenvalue weighted by molar-refractivity contribution is 5.25. The fourth-order valence-corrected chi connectivity index (χ4v) is 2.34. The molecule has 1 aliphatic carbocycles. The predicted molar refractivity (Wildman–Crippen MR) is 61.5 cm³/mol. The van der Waals surface area contributed by atoms with Crippen LogP contribution < -0.4 is 5.73 Å². The first kappa shape index (κ1) is 10.7. The Kier molecular flexibility index (Phi) is 3.39. The van der Waals surface area contributed by atoms with E-state index in [0.717, 1.165) is 25.7 Å². The van der Waals surface area contributed by atoms with Crippen LogP contribution in [0.1, 0.15) is 42.7 Å². The zero-order valence-corrected chi connectivity index (χ0v) is 9.02. The molecule has 1 saturated carbocycles. The van der Waals surface area contributed by atoms with Gasteiger partial charge in [0.2, 0.25) is 0 Å². The molecule has 1 aromatic carbocycles. The number of hydrogen-bond acceptors (Lipinski definition) is 2. The summed E-state index contributed by atoms with van der Waals surface area (Å²) in [7, 11) is 0. The van der Waals surface area contributed by atoms with Gasteiger partial charge in [-0.15, -0.1) is 0 Å². The SMILES string of the molecule is NCc1ccc([C@H]2CC[C@H](O)CC2)cc1. The van der Waals surface area contributed by atoms with Gasteiger partial charge in [-0.05, 0) is 42.7 Å². The maximum Gasteiger partial charge on any atom is 0.0540 e. The average molecular weight is 205 g/mol. The third-order valence-electron chi connectivity index (χ3n) is 3.38. The van der Waals surface area contributed by atoms with Crippen LogP contribution in [-0.4, -0.2) is 11.2 Å². The Hall–Kier alpha value is -0.860. The third kappa shape index (κ3) is 2.58. The third-order valence-corrected chi connectivity index (χ3v) is 3.38. The van der Waals surface area contributed by atoms with Crippen molar-refractivity contribution in [1.29, 1.82) is 0 Å². The first-order chi connectivity index (χ1) is 7.29. The van der Waals surface area contributed by atoms with Crippen molar-refractivity contribution in [2.45, 2.75) is 44.2 Å². The standard InChI is InChI=1S/C13H19NO/c14-9-10-1-3-11(4-2-10)12-5-7-13(15)8-6-12/h1-4,12-13,15H,5-9,14H2/t12-,13-. The van der Waals surface area contributed by atoms with Crippen LogP contribution >= 0.6 is 0 Å². The molecular formula is C13H19NO. The summed E-state index contributed by atoms with van der Waals surface area (Å²) < 4.78 is 0. The van der Waals surface area contributed by atoms with E-state index in [1.165, 1.54) is 11.1 Å². The smallest absolute Gasteiger partial charge is 0.0540 e. The summed E-state index contributed by atoms with van der Waals surface area (Å²) in [6.45, 7) is 0.615. The Balaban J connectivity index is 2.03. The van der Waals surface area contributed by atoms with Crippen LogP contribution in [0.4, 0.5) is 0 Å². The minimum Gasteiger partial charge on any atom is -0.393 e. The summed E-state index contributed by atoms with van der Waals surface area (Å²) in [5.74, 6) is 0.639. The fraction of sp³-hybridized carbons (Fsp3) is 0.538. The molecule has 0 saturated heterocycles.